The summed E-state index contributed by atoms with van der Waals surface area (Å²) < 4.78 is 11.7. The van der Waals surface area contributed by atoms with Crippen molar-refractivity contribution in [1.82, 2.24) is 10.1 Å². The molecular weight excluding hydrogens is 360 g/mol. The molecule has 1 aromatic heterocycles. The molecule has 2 aliphatic heterocycles. The summed E-state index contributed by atoms with van der Waals surface area (Å²) in [5, 5.41) is 21.6. The van der Waals surface area contributed by atoms with Gasteiger partial charge in [-0.2, -0.15) is 0 Å². The number of nitrogens with zero attached hydrogens (tertiary/aromatic N) is 2. The van der Waals surface area contributed by atoms with Gasteiger partial charge in [0.2, 0.25) is 0 Å². The predicted molar refractivity (Wildman–Crippen MR) is 104 cm³/mol. The summed E-state index contributed by atoms with van der Waals surface area (Å²) in [6.45, 7) is 5.21. The number of hydrogen-bond donors (Lipinski definition) is 2. The summed E-state index contributed by atoms with van der Waals surface area (Å²) in [4.78, 5) is 10.8. The highest BCUT2D eigenvalue weighted by molar-refractivity contribution is 5.32. The molecule has 3 aliphatic rings. The van der Waals surface area contributed by atoms with Crippen LogP contribution < -0.4 is 0 Å². The number of hydrogen-bond acceptors (Lipinski definition) is 6. The van der Waals surface area contributed by atoms with Crippen molar-refractivity contribution in [3.63, 3.8) is 0 Å². The topological polar surface area (TPSA) is 96.0 Å². The third-order valence-corrected chi connectivity index (χ3v) is 6.50. The Kier molecular flexibility index (Phi) is 7.12. The average Bonchev–Trinajstić information content (AvgIpc) is 3.13. The van der Waals surface area contributed by atoms with Crippen molar-refractivity contribution in [2.75, 3.05) is 19.7 Å². The van der Waals surface area contributed by atoms with Gasteiger partial charge in [-0.1, -0.05) is 24.4 Å². The number of aliphatic hydroxyl groups is 1. The van der Waals surface area contributed by atoms with Crippen LogP contribution in [0.5, 0.6) is 0 Å². The minimum absolute atomic E-state index is 0.118. The molecule has 1 unspecified atom stereocenters. The van der Waals surface area contributed by atoms with Crippen LogP contribution >= 0.6 is 0 Å². The van der Waals surface area contributed by atoms with Crippen LogP contribution in [0.2, 0.25) is 0 Å². The summed E-state index contributed by atoms with van der Waals surface area (Å²) >= 11 is 0. The summed E-state index contributed by atoms with van der Waals surface area (Å²) in [7, 11) is 0. The van der Waals surface area contributed by atoms with E-state index in [0.29, 0.717) is 12.5 Å². The molecule has 0 bridgehead atoms. The van der Waals surface area contributed by atoms with Crippen molar-refractivity contribution in [2.45, 2.75) is 88.4 Å². The van der Waals surface area contributed by atoms with E-state index in [0.717, 1.165) is 56.8 Å². The minimum Gasteiger partial charge on any atom is -0.483 e. The Bertz CT molecular complexity index is 616. The van der Waals surface area contributed by atoms with E-state index < -0.39 is 5.60 Å². The van der Waals surface area contributed by atoms with Gasteiger partial charge in [0.05, 0.1) is 30.0 Å². The first-order valence-corrected chi connectivity index (χ1v) is 10.6. The Morgan fingerprint density at radius 2 is 1.93 bits per heavy atom. The number of likely N-dealkylation sites (tertiary alicyclic amines) is 1. The number of piperidine rings is 1. The van der Waals surface area contributed by atoms with Gasteiger partial charge in [-0.15, -0.1) is 0 Å². The van der Waals surface area contributed by atoms with Crippen LogP contribution in [-0.2, 0) is 16.1 Å². The summed E-state index contributed by atoms with van der Waals surface area (Å²) in [6, 6.07) is 2.18. The molecule has 4 rings (SSSR count). The summed E-state index contributed by atoms with van der Waals surface area (Å²) in [6.07, 6.45) is 10.0. The lowest BCUT2D eigenvalue weighted by molar-refractivity contribution is -0.173. The molecule has 1 aliphatic carbocycles. The smallest absolute Gasteiger partial charge is 0.290 e. The second kappa shape index (κ2) is 9.37. The Hall–Kier alpha value is -1.44. The molecule has 158 valence electrons. The zero-order valence-electron chi connectivity index (χ0n) is 16.9. The normalized spacial score (nSPS) is 28.5. The first kappa shape index (κ1) is 21.3. The Balaban J connectivity index is 0.000000706. The largest absolute Gasteiger partial charge is 0.483 e. The van der Waals surface area contributed by atoms with Crippen LogP contribution in [0.15, 0.2) is 10.6 Å². The molecule has 0 amide bonds. The Labute approximate surface area is 167 Å². The molecule has 28 heavy (non-hydrogen) atoms. The van der Waals surface area contributed by atoms with Crippen molar-refractivity contribution in [2.24, 2.45) is 0 Å². The number of rotatable bonds is 3. The van der Waals surface area contributed by atoms with Crippen molar-refractivity contribution in [1.29, 1.82) is 0 Å². The van der Waals surface area contributed by atoms with Gasteiger partial charge in [0.15, 0.2) is 5.76 Å². The first-order valence-electron chi connectivity index (χ1n) is 10.6. The van der Waals surface area contributed by atoms with Gasteiger partial charge in [0.1, 0.15) is 0 Å². The number of aromatic nitrogens is 1. The molecule has 2 saturated heterocycles. The van der Waals surface area contributed by atoms with E-state index in [2.05, 4.69) is 16.1 Å². The Morgan fingerprint density at radius 3 is 2.57 bits per heavy atom. The van der Waals surface area contributed by atoms with Gasteiger partial charge in [0, 0.05) is 31.5 Å². The second-order valence-electron chi connectivity index (χ2n) is 8.89. The third kappa shape index (κ3) is 5.55. The molecule has 3 heterocycles. The highest BCUT2D eigenvalue weighted by Gasteiger charge is 2.44. The van der Waals surface area contributed by atoms with Crippen LogP contribution in [-0.4, -0.2) is 57.6 Å². The van der Waals surface area contributed by atoms with Gasteiger partial charge in [-0.05, 0) is 39.0 Å². The van der Waals surface area contributed by atoms with Gasteiger partial charge in [-0.3, -0.25) is 9.69 Å². The first-order chi connectivity index (χ1) is 13.5. The van der Waals surface area contributed by atoms with E-state index in [9.17, 15) is 5.11 Å². The van der Waals surface area contributed by atoms with Crippen molar-refractivity contribution >= 4 is 6.47 Å². The monoisotopic (exact) mass is 394 g/mol. The highest BCUT2D eigenvalue weighted by atomic mass is 16.5. The third-order valence-electron chi connectivity index (χ3n) is 6.50. The molecule has 7 heteroatoms. The zero-order chi connectivity index (χ0) is 20.0. The van der Waals surface area contributed by atoms with Crippen LogP contribution in [0.25, 0.3) is 0 Å². The molecule has 3 fully saturated rings. The summed E-state index contributed by atoms with van der Waals surface area (Å²) in [5.74, 6) is 1.60. The molecule has 0 radical (unpaired) electrons. The maximum atomic E-state index is 10.4. The van der Waals surface area contributed by atoms with Crippen LogP contribution in [0.1, 0.15) is 82.1 Å². The highest BCUT2D eigenvalue weighted by Crippen LogP contribution is 2.39. The molecule has 1 atom stereocenters. The van der Waals surface area contributed by atoms with E-state index in [-0.39, 0.29) is 12.1 Å². The number of carbonyl (C=O) groups is 1. The van der Waals surface area contributed by atoms with E-state index in [4.69, 9.17) is 19.2 Å². The van der Waals surface area contributed by atoms with E-state index in [1.165, 1.54) is 32.1 Å². The van der Waals surface area contributed by atoms with Crippen LogP contribution in [0.4, 0.5) is 0 Å². The molecule has 1 saturated carbocycles. The number of carboxylic acid groups (broad SMARTS) is 1. The van der Waals surface area contributed by atoms with E-state index in [1.807, 2.05) is 6.92 Å². The molecule has 0 aromatic carbocycles. The van der Waals surface area contributed by atoms with Gasteiger partial charge >= 0.3 is 0 Å². The zero-order valence-corrected chi connectivity index (χ0v) is 16.9. The van der Waals surface area contributed by atoms with Gasteiger partial charge < -0.3 is 19.5 Å². The second-order valence-corrected chi connectivity index (χ2v) is 8.89. The lowest BCUT2D eigenvalue weighted by Gasteiger charge is -2.48. The Morgan fingerprint density at radius 1 is 1.25 bits per heavy atom. The molecule has 2 N–H and O–H groups in total. The fourth-order valence-electron chi connectivity index (χ4n) is 4.98. The van der Waals surface area contributed by atoms with E-state index >= 15 is 0 Å². The van der Waals surface area contributed by atoms with Gasteiger partial charge in [-0.25, -0.2) is 0 Å². The molecule has 1 aromatic rings. The standard InChI is InChI=1S/C20H32N2O3.CH2O2/c1-19(23)9-12-24-20(15-19)7-10-22(11-8-20)14-17-13-18(21-25-17)16-5-3-2-4-6-16;2-1-3/h13,16,23H,2-12,14-15H2,1H3;1H,(H,2,3). The van der Waals surface area contributed by atoms with E-state index in [1.54, 1.807) is 0 Å². The van der Waals surface area contributed by atoms with Crippen LogP contribution in [0, 0.1) is 0 Å². The summed E-state index contributed by atoms with van der Waals surface area (Å²) in [5.41, 5.74) is 0.475. The lowest BCUT2D eigenvalue weighted by atomic mass is 9.78. The SMILES string of the molecule is CC1(O)CCOC2(CCN(Cc3cc(C4CCCCC4)no3)CC2)C1.O=CO. The number of ether oxygens (including phenoxy) is 1. The molecule has 7 nitrogen and oxygen atoms in total. The van der Waals surface area contributed by atoms with Crippen molar-refractivity contribution in [3.8, 4) is 0 Å². The predicted octanol–water partition coefficient (Wildman–Crippen LogP) is 3.32. The van der Waals surface area contributed by atoms with Crippen molar-refractivity contribution in [3.05, 3.63) is 17.5 Å². The average molecular weight is 395 g/mol. The van der Waals surface area contributed by atoms with Crippen LogP contribution in [0.3, 0.4) is 0 Å². The van der Waals surface area contributed by atoms with Gasteiger partial charge in [0.25, 0.3) is 6.47 Å². The maximum absolute atomic E-state index is 10.4. The quantitative estimate of drug-likeness (QED) is 0.759. The minimum atomic E-state index is -0.569. The fourth-order valence-corrected chi connectivity index (χ4v) is 4.98. The maximum Gasteiger partial charge on any atom is 0.290 e. The fraction of sp³-hybridized carbons (Fsp3) is 0.810. The molecular formula is C21H34N2O5. The lowest BCUT2D eigenvalue weighted by Crippen LogP contribution is -2.53. The molecule has 1 spiro atoms. The van der Waals surface area contributed by atoms with Crippen molar-refractivity contribution < 1.29 is 24.3 Å².